The molecule has 0 atom stereocenters. The van der Waals surface area contributed by atoms with E-state index in [1.807, 2.05) is 31.2 Å². The Morgan fingerprint density at radius 3 is 2.44 bits per heavy atom. The van der Waals surface area contributed by atoms with E-state index in [4.69, 9.17) is 4.42 Å². The van der Waals surface area contributed by atoms with Crippen molar-refractivity contribution in [3.63, 3.8) is 0 Å². The van der Waals surface area contributed by atoms with Gasteiger partial charge in [0.05, 0.1) is 6.54 Å². The first-order valence-corrected chi connectivity index (χ1v) is 5.80. The van der Waals surface area contributed by atoms with Crippen molar-refractivity contribution >= 4 is 11.6 Å². The Bertz CT molecular complexity index is 529. The van der Waals surface area contributed by atoms with E-state index >= 15 is 0 Å². The monoisotopic (exact) mass is 244 g/mol. The van der Waals surface area contributed by atoms with Crippen LogP contribution in [-0.2, 0) is 6.54 Å². The van der Waals surface area contributed by atoms with Gasteiger partial charge in [0, 0.05) is 18.3 Å². The van der Waals surface area contributed by atoms with Crippen LogP contribution in [0.1, 0.15) is 21.9 Å². The molecular weight excluding hydrogens is 228 g/mol. The van der Waals surface area contributed by atoms with Gasteiger partial charge in [-0.1, -0.05) is 0 Å². The summed E-state index contributed by atoms with van der Waals surface area (Å²) in [5, 5.41) is 5.82. The van der Waals surface area contributed by atoms with Crippen LogP contribution in [0.5, 0.6) is 0 Å². The topological polar surface area (TPSA) is 54.3 Å². The van der Waals surface area contributed by atoms with Crippen molar-refractivity contribution in [1.82, 2.24) is 5.32 Å². The summed E-state index contributed by atoms with van der Waals surface area (Å²) >= 11 is 0. The molecule has 0 bridgehead atoms. The van der Waals surface area contributed by atoms with E-state index in [-0.39, 0.29) is 5.91 Å². The van der Waals surface area contributed by atoms with Crippen LogP contribution in [-0.4, -0.2) is 13.0 Å². The second-order valence-electron chi connectivity index (χ2n) is 4.02. The lowest BCUT2D eigenvalue weighted by Crippen LogP contribution is -2.17. The van der Waals surface area contributed by atoms with Gasteiger partial charge in [-0.15, -0.1) is 0 Å². The first kappa shape index (κ1) is 12.2. The van der Waals surface area contributed by atoms with Gasteiger partial charge >= 0.3 is 0 Å². The number of furan rings is 1. The molecule has 0 fully saturated rings. The maximum atomic E-state index is 11.4. The fraction of sp³-hybridized carbons (Fsp3) is 0.214. The minimum atomic E-state index is -0.0804. The van der Waals surface area contributed by atoms with Crippen LogP contribution in [0.3, 0.4) is 0 Å². The summed E-state index contributed by atoms with van der Waals surface area (Å²) in [6.45, 7) is 2.55. The van der Waals surface area contributed by atoms with E-state index in [2.05, 4.69) is 10.6 Å². The van der Waals surface area contributed by atoms with Gasteiger partial charge in [-0.25, -0.2) is 0 Å². The van der Waals surface area contributed by atoms with Crippen LogP contribution >= 0.6 is 0 Å². The third kappa shape index (κ3) is 2.91. The molecule has 2 rings (SSSR count). The van der Waals surface area contributed by atoms with Gasteiger partial charge in [0.2, 0.25) is 0 Å². The lowest BCUT2D eigenvalue weighted by molar-refractivity contribution is 0.0963. The molecule has 1 aromatic carbocycles. The second-order valence-corrected chi connectivity index (χ2v) is 4.02. The van der Waals surface area contributed by atoms with Gasteiger partial charge in [0.15, 0.2) is 0 Å². The molecule has 2 N–H and O–H groups in total. The van der Waals surface area contributed by atoms with Crippen LogP contribution in [0.2, 0.25) is 0 Å². The van der Waals surface area contributed by atoms with Crippen LogP contribution in [0.4, 0.5) is 5.69 Å². The molecule has 0 radical (unpaired) electrons. The largest absolute Gasteiger partial charge is 0.465 e. The highest BCUT2D eigenvalue weighted by atomic mass is 16.3. The lowest BCUT2D eigenvalue weighted by atomic mass is 10.2. The Balaban J connectivity index is 1.96. The van der Waals surface area contributed by atoms with Crippen molar-refractivity contribution in [2.75, 3.05) is 12.4 Å². The van der Waals surface area contributed by atoms with Gasteiger partial charge < -0.3 is 15.1 Å². The standard InChI is InChI=1S/C14H16N2O2/c1-10-3-8-13(18-10)9-16-12-6-4-11(5-7-12)14(17)15-2/h3-8,16H,9H2,1-2H3,(H,15,17). The van der Waals surface area contributed by atoms with E-state index in [0.29, 0.717) is 12.1 Å². The highest BCUT2D eigenvalue weighted by Gasteiger charge is 2.02. The highest BCUT2D eigenvalue weighted by Crippen LogP contribution is 2.12. The number of rotatable bonds is 4. The molecule has 0 aliphatic heterocycles. The number of amides is 1. The average molecular weight is 244 g/mol. The summed E-state index contributed by atoms with van der Waals surface area (Å²) in [5.41, 5.74) is 1.61. The molecule has 94 valence electrons. The lowest BCUT2D eigenvalue weighted by Gasteiger charge is -2.05. The fourth-order valence-electron chi connectivity index (χ4n) is 1.65. The predicted octanol–water partition coefficient (Wildman–Crippen LogP) is 2.56. The first-order chi connectivity index (χ1) is 8.69. The average Bonchev–Trinajstić information content (AvgIpc) is 2.82. The molecule has 0 aliphatic carbocycles. The first-order valence-electron chi connectivity index (χ1n) is 5.80. The Morgan fingerprint density at radius 1 is 1.17 bits per heavy atom. The summed E-state index contributed by atoms with van der Waals surface area (Å²) in [4.78, 5) is 11.4. The molecule has 1 amide bonds. The van der Waals surface area contributed by atoms with E-state index in [0.717, 1.165) is 17.2 Å². The van der Waals surface area contributed by atoms with Crippen molar-refractivity contribution in [3.05, 3.63) is 53.5 Å². The molecule has 4 nitrogen and oxygen atoms in total. The molecule has 1 heterocycles. The third-order valence-electron chi connectivity index (χ3n) is 2.64. The van der Waals surface area contributed by atoms with Gasteiger partial charge in [0.25, 0.3) is 5.91 Å². The third-order valence-corrected chi connectivity index (χ3v) is 2.64. The summed E-state index contributed by atoms with van der Waals surface area (Å²) in [5.74, 6) is 1.72. The van der Waals surface area contributed by atoms with Gasteiger partial charge in [-0.3, -0.25) is 4.79 Å². The number of benzene rings is 1. The molecule has 2 aromatic rings. The number of nitrogens with one attached hydrogen (secondary N) is 2. The number of hydrogen-bond acceptors (Lipinski definition) is 3. The van der Waals surface area contributed by atoms with Crippen LogP contribution in [0.15, 0.2) is 40.8 Å². The van der Waals surface area contributed by atoms with Crippen LogP contribution in [0.25, 0.3) is 0 Å². The molecule has 0 spiro atoms. The van der Waals surface area contributed by atoms with E-state index < -0.39 is 0 Å². The molecule has 0 saturated carbocycles. The second kappa shape index (κ2) is 5.40. The summed E-state index contributed by atoms with van der Waals surface area (Å²) in [7, 11) is 1.62. The van der Waals surface area contributed by atoms with Gasteiger partial charge in [-0.05, 0) is 43.3 Å². The minimum absolute atomic E-state index is 0.0804. The maximum absolute atomic E-state index is 11.4. The molecule has 0 saturated heterocycles. The number of hydrogen-bond donors (Lipinski definition) is 2. The van der Waals surface area contributed by atoms with Gasteiger partial charge in [0.1, 0.15) is 11.5 Å². The van der Waals surface area contributed by atoms with Crippen molar-refractivity contribution < 1.29 is 9.21 Å². The molecule has 0 unspecified atom stereocenters. The molecule has 0 aliphatic rings. The summed E-state index contributed by atoms with van der Waals surface area (Å²) in [6, 6.07) is 11.2. The number of carbonyl (C=O) groups excluding carboxylic acids is 1. The van der Waals surface area contributed by atoms with Crippen LogP contribution in [0, 0.1) is 6.92 Å². The molecule has 18 heavy (non-hydrogen) atoms. The number of carbonyl (C=O) groups is 1. The molecule has 1 aromatic heterocycles. The van der Waals surface area contributed by atoms with E-state index in [9.17, 15) is 4.79 Å². The minimum Gasteiger partial charge on any atom is -0.465 e. The van der Waals surface area contributed by atoms with Gasteiger partial charge in [-0.2, -0.15) is 0 Å². The highest BCUT2D eigenvalue weighted by molar-refractivity contribution is 5.94. The van der Waals surface area contributed by atoms with Crippen molar-refractivity contribution in [2.45, 2.75) is 13.5 Å². The smallest absolute Gasteiger partial charge is 0.251 e. The normalized spacial score (nSPS) is 10.1. The zero-order valence-electron chi connectivity index (χ0n) is 10.5. The maximum Gasteiger partial charge on any atom is 0.251 e. The summed E-state index contributed by atoms with van der Waals surface area (Å²) in [6.07, 6.45) is 0. The fourth-order valence-corrected chi connectivity index (χ4v) is 1.65. The Hall–Kier alpha value is -2.23. The zero-order valence-corrected chi connectivity index (χ0v) is 10.5. The molecule has 4 heteroatoms. The van der Waals surface area contributed by atoms with E-state index in [1.54, 1.807) is 19.2 Å². The zero-order chi connectivity index (χ0) is 13.0. The van der Waals surface area contributed by atoms with Crippen molar-refractivity contribution in [2.24, 2.45) is 0 Å². The Morgan fingerprint density at radius 2 is 1.89 bits per heavy atom. The quantitative estimate of drug-likeness (QED) is 0.869. The molecular formula is C14H16N2O2. The number of anilines is 1. The van der Waals surface area contributed by atoms with Crippen LogP contribution < -0.4 is 10.6 Å². The van der Waals surface area contributed by atoms with Crippen molar-refractivity contribution in [1.29, 1.82) is 0 Å². The Kier molecular flexibility index (Phi) is 3.67. The SMILES string of the molecule is CNC(=O)c1ccc(NCc2ccc(C)o2)cc1. The Labute approximate surface area is 106 Å². The summed E-state index contributed by atoms with van der Waals surface area (Å²) < 4.78 is 5.46. The van der Waals surface area contributed by atoms with E-state index in [1.165, 1.54) is 0 Å². The number of aryl methyl sites for hydroxylation is 1. The predicted molar refractivity (Wildman–Crippen MR) is 70.6 cm³/mol. The van der Waals surface area contributed by atoms with Crippen molar-refractivity contribution in [3.8, 4) is 0 Å².